The third-order valence-corrected chi connectivity index (χ3v) is 3.05. The first kappa shape index (κ1) is 14.7. The van der Waals surface area contributed by atoms with Crippen molar-refractivity contribution in [3.8, 4) is 0 Å². The normalized spacial score (nSPS) is 12.5. The Balaban J connectivity index is 2.51. The van der Waals surface area contributed by atoms with E-state index in [-0.39, 0.29) is 11.9 Å². The lowest BCUT2D eigenvalue weighted by atomic mass is 9.99. The van der Waals surface area contributed by atoms with Crippen molar-refractivity contribution in [2.24, 2.45) is 0 Å². The van der Waals surface area contributed by atoms with E-state index in [1.807, 2.05) is 6.92 Å². The molecule has 0 saturated heterocycles. The molecule has 0 spiro atoms. The summed E-state index contributed by atoms with van der Waals surface area (Å²) >= 11 is 0. The van der Waals surface area contributed by atoms with Crippen LogP contribution in [-0.4, -0.2) is 19.0 Å². The molecule has 100 valence electrons. The van der Waals surface area contributed by atoms with Crippen molar-refractivity contribution in [2.75, 3.05) is 13.1 Å². The minimum absolute atomic E-state index is 0.0446. The third kappa shape index (κ3) is 4.49. The molecule has 0 aromatic heterocycles. The molecule has 0 bridgehead atoms. The van der Waals surface area contributed by atoms with Gasteiger partial charge >= 0.3 is 0 Å². The quantitative estimate of drug-likeness (QED) is 0.812. The molecule has 0 aliphatic heterocycles. The highest BCUT2D eigenvalue weighted by molar-refractivity contribution is 5.77. The Labute approximate surface area is 110 Å². The molecule has 0 aliphatic rings. The molecule has 1 aromatic carbocycles. The average Bonchev–Trinajstić information content (AvgIpc) is 2.36. The van der Waals surface area contributed by atoms with E-state index in [1.54, 1.807) is 0 Å². The average molecular weight is 248 g/mol. The van der Waals surface area contributed by atoms with Gasteiger partial charge in [-0.1, -0.05) is 38.1 Å². The Bertz CT molecular complexity index is 371. The topological polar surface area (TPSA) is 41.1 Å². The molecular weight excluding hydrogens is 224 g/mol. The van der Waals surface area contributed by atoms with Gasteiger partial charge in [-0.2, -0.15) is 0 Å². The highest BCUT2D eigenvalue weighted by Crippen LogP contribution is 2.18. The van der Waals surface area contributed by atoms with Crippen LogP contribution in [0, 0.1) is 0 Å². The predicted molar refractivity (Wildman–Crippen MR) is 75.6 cm³/mol. The molecule has 2 N–H and O–H groups in total. The van der Waals surface area contributed by atoms with Crippen LogP contribution in [0.25, 0.3) is 0 Å². The molecule has 0 aliphatic carbocycles. The lowest BCUT2D eigenvalue weighted by Gasteiger charge is -2.15. The summed E-state index contributed by atoms with van der Waals surface area (Å²) in [5.74, 6) is 0.598. The zero-order valence-electron chi connectivity index (χ0n) is 11.8. The summed E-state index contributed by atoms with van der Waals surface area (Å²) in [5.41, 5.74) is 2.55. The molecule has 1 unspecified atom stereocenters. The number of hydrogen-bond donors (Lipinski definition) is 2. The van der Waals surface area contributed by atoms with Crippen LogP contribution in [0.2, 0.25) is 0 Å². The first-order valence-corrected chi connectivity index (χ1v) is 6.64. The standard InChI is InChI=1S/C15H24N2O/c1-5-16-15(18)10-17-12(4)14-8-6-13(7-9-14)11(2)3/h6-9,11-12,17H,5,10H2,1-4H3,(H,16,18). The maximum Gasteiger partial charge on any atom is 0.233 e. The van der Waals surface area contributed by atoms with Gasteiger partial charge in [-0.05, 0) is 30.9 Å². The highest BCUT2D eigenvalue weighted by atomic mass is 16.1. The number of carbonyl (C=O) groups is 1. The summed E-state index contributed by atoms with van der Waals surface area (Å²) < 4.78 is 0. The molecule has 1 atom stereocenters. The fraction of sp³-hybridized carbons (Fsp3) is 0.533. The smallest absolute Gasteiger partial charge is 0.233 e. The Morgan fingerprint density at radius 3 is 2.17 bits per heavy atom. The second kappa shape index (κ2) is 7.17. The summed E-state index contributed by atoms with van der Waals surface area (Å²) in [5, 5.41) is 6.00. The molecule has 18 heavy (non-hydrogen) atoms. The minimum Gasteiger partial charge on any atom is -0.355 e. The molecule has 1 rings (SSSR count). The van der Waals surface area contributed by atoms with Crippen molar-refractivity contribution in [3.63, 3.8) is 0 Å². The van der Waals surface area contributed by atoms with Crippen molar-refractivity contribution in [3.05, 3.63) is 35.4 Å². The van der Waals surface area contributed by atoms with E-state index in [1.165, 1.54) is 11.1 Å². The van der Waals surface area contributed by atoms with Crippen LogP contribution in [0.1, 0.15) is 50.8 Å². The number of benzene rings is 1. The monoisotopic (exact) mass is 248 g/mol. The van der Waals surface area contributed by atoms with Crippen molar-refractivity contribution in [1.29, 1.82) is 0 Å². The minimum atomic E-state index is 0.0446. The second-order valence-corrected chi connectivity index (χ2v) is 4.88. The van der Waals surface area contributed by atoms with E-state index < -0.39 is 0 Å². The Morgan fingerprint density at radius 1 is 1.11 bits per heavy atom. The van der Waals surface area contributed by atoms with Gasteiger partial charge in [-0.25, -0.2) is 0 Å². The van der Waals surface area contributed by atoms with Gasteiger partial charge in [0.15, 0.2) is 0 Å². The Hall–Kier alpha value is -1.35. The highest BCUT2D eigenvalue weighted by Gasteiger charge is 2.07. The van der Waals surface area contributed by atoms with E-state index >= 15 is 0 Å². The Morgan fingerprint density at radius 2 is 1.67 bits per heavy atom. The van der Waals surface area contributed by atoms with Gasteiger partial charge in [0.1, 0.15) is 0 Å². The van der Waals surface area contributed by atoms with Crippen LogP contribution in [0.4, 0.5) is 0 Å². The lowest BCUT2D eigenvalue weighted by Crippen LogP contribution is -2.34. The zero-order chi connectivity index (χ0) is 13.5. The van der Waals surface area contributed by atoms with Gasteiger partial charge < -0.3 is 10.6 Å². The van der Waals surface area contributed by atoms with E-state index in [0.29, 0.717) is 19.0 Å². The van der Waals surface area contributed by atoms with E-state index in [4.69, 9.17) is 0 Å². The van der Waals surface area contributed by atoms with Crippen molar-refractivity contribution in [2.45, 2.75) is 39.7 Å². The molecule has 0 heterocycles. The summed E-state index contributed by atoms with van der Waals surface area (Å²) in [6, 6.07) is 8.76. The zero-order valence-corrected chi connectivity index (χ0v) is 11.8. The SMILES string of the molecule is CCNC(=O)CNC(C)c1ccc(C(C)C)cc1. The van der Waals surface area contributed by atoms with Crippen molar-refractivity contribution < 1.29 is 4.79 Å². The van der Waals surface area contributed by atoms with Gasteiger partial charge in [-0.3, -0.25) is 4.79 Å². The number of hydrogen-bond acceptors (Lipinski definition) is 2. The molecule has 3 heteroatoms. The van der Waals surface area contributed by atoms with E-state index in [9.17, 15) is 4.79 Å². The predicted octanol–water partition coefficient (Wildman–Crippen LogP) is 2.60. The fourth-order valence-electron chi connectivity index (χ4n) is 1.79. The Kier molecular flexibility index (Phi) is 5.86. The van der Waals surface area contributed by atoms with Gasteiger partial charge in [0.25, 0.3) is 0 Å². The van der Waals surface area contributed by atoms with Crippen LogP contribution in [-0.2, 0) is 4.79 Å². The maximum absolute atomic E-state index is 11.3. The second-order valence-electron chi connectivity index (χ2n) is 4.88. The van der Waals surface area contributed by atoms with Crippen LogP contribution < -0.4 is 10.6 Å². The summed E-state index contributed by atoms with van der Waals surface area (Å²) in [6.45, 7) is 9.41. The third-order valence-electron chi connectivity index (χ3n) is 3.05. The van der Waals surface area contributed by atoms with Gasteiger partial charge in [0, 0.05) is 12.6 Å². The maximum atomic E-state index is 11.3. The number of likely N-dealkylation sites (N-methyl/N-ethyl adjacent to an activating group) is 1. The summed E-state index contributed by atoms with van der Waals surface area (Å²) in [4.78, 5) is 11.3. The number of rotatable bonds is 6. The number of carbonyl (C=O) groups excluding carboxylic acids is 1. The van der Waals surface area contributed by atoms with Crippen molar-refractivity contribution in [1.82, 2.24) is 10.6 Å². The largest absolute Gasteiger partial charge is 0.355 e. The van der Waals surface area contributed by atoms with Crippen LogP contribution in [0.15, 0.2) is 24.3 Å². The van der Waals surface area contributed by atoms with Crippen LogP contribution >= 0.6 is 0 Å². The first-order valence-electron chi connectivity index (χ1n) is 6.64. The van der Waals surface area contributed by atoms with Crippen LogP contribution in [0.3, 0.4) is 0 Å². The van der Waals surface area contributed by atoms with E-state index in [2.05, 4.69) is 55.7 Å². The van der Waals surface area contributed by atoms with E-state index in [0.717, 1.165) is 0 Å². The molecular formula is C15H24N2O. The van der Waals surface area contributed by atoms with Crippen LogP contribution in [0.5, 0.6) is 0 Å². The van der Waals surface area contributed by atoms with Gasteiger partial charge in [0.2, 0.25) is 5.91 Å². The molecule has 0 fully saturated rings. The molecule has 0 saturated carbocycles. The molecule has 0 radical (unpaired) electrons. The lowest BCUT2D eigenvalue weighted by molar-refractivity contribution is -0.120. The number of nitrogens with one attached hydrogen (secondary N) is 2. The van der Waals surface area contributed by atoms with Gasteiger partial charge in [-0.15, -0.1) is 0 Å². The molecule has 1 amide bonds. The summed E-state index contributed by atoms with van der Waals surface area (Å²) in [6.07, 6.45) is 0. The number of amides is 1. The molecule has 1 aromatic rings. The first-order chi connectivity index (χ1) is 8.54. The van der Waals surface area contributed by atoms with Gasteiger partial charge in [0.05, 0.1) is 6.54 Å². The fourth-order valence-corrected chi connectivity index (χ4v) is 1.79. The summed E-state index contributed by atoms with van der Waals surface area (Å²) in [7, 11) is 0. The van der Waals surface area contributed by atoms with Crippen molar-refractivity contribution >= 4 is 5.91 Å². The molecule has 3 nitrogen and oxygen atoms in total.